The predicted octanol–water partition coefficient (Wildman–Crippen LogP) is -0.565. The molecule has 7 heavy (non-hydrogen) atoms. The lowest BCUT2D eigenvalue weighted by atomic mass is 10.4. The summed E-state index contributed by atoms with van der Waals surface area (Å²) in [6.07, 6.45) is 0. The van der Waals surface area contributed by atoms with Crippen molar-refractivity contribution in [2.45, 2.75) is 5.37 Å². The molecule has 0 aromatic heterocycles. The average molecular weight is 118 g/mol. The highest BCUT2D eigenvalue weighted by Gasteiger charge is 2.04. The van der Waals surface area contributed by atoms with Gasteiger partial charge in [-0.2, -0.15) is 12.6 Å². The molecule has 1 saturated heterocycles. The zero-order valence-electron chi connectivity index (χ0n) is 4.15. The number of thiol groups is 1. The van der Waals surface area contributed by atoms with Crippen molar-refractivity contribution in [3.8, 4) is 0 Å². The number of hydrogen-bond acceptors (Lipinski definition) is 3. The Bertz CT molecular complexity index is 51.7. The number of hydrogen-bond donors (Lipinski definition) is 3. The fourth-order valence-corrected chi connectivity index (χ4v) is 0.896. The van der Waals surface area contributed by atoms with Gasteiger partial charge in [-0.1, -0.05) is 0 Å². The average Bonchev–Trinajstić information content (AvgIpc) is 1.69. The minimum Gasteiger partial charge on any atom is -0.313 e. The molecule has 1 atom stereocenters. The van der Waals surface area contributed by atoms with Crippen molar-refractivity contribution in [2.75, 3.05) is 19.6 Å². The summed E-state index contributed by atoms with van der Waals surface area (Å²) >= 11 is 4.19. The van der Waals surface area contributed by atoms with Crippen LogP contribution in [0.15, 0.2) is 0 Å². The minimum absolute atomic E-state index is 0.369. The van der Waals surface area contributed by atoms with Gasteiger partial charge in [-0.05, 0) is 0 Å². The Morgan fingerprint density at radius 3 is 2.57 bits per heavy atom. The number of piperazine rings is 1. The van der Waals surface area contributed by atoms with Crippen molar-refractivity contribution in [3.05, 3.63) is 0 Å². The Balaban J connectivity index is 2.12. The van der Waals surface area contributed by atoms with Gasteiger partial charge in [-0.3, -0.25) is 0 Å². The van der Waals surface area contributed by atoms with Crippen molar-refractivity contribution in [1.29, 1.82) is 0 Å². The first-order valence-corrected chi connectivity index (χ1v) is 3.03. The third-order valence-electron chi connectivity index (χ3n) is 1.02. The molecule has 0 spiro atoms. The van der Waals surface area contributed by atoms with Gasteiger partial charge in [0.1, 0.15) is 0 Å². The van der Waals surface area contributed by atoms with Gasteiger partial charge in [0, 0.05) is 19.6 Å². The maximum Gasteiger partial charge on any atom is 0.0629 e. The second-order valence-corrected chi connectivity index (χ2v) is 2.30. The van der Waals surface area contributed by atoms with E-state index in [1.165, 1.54) is 0 Å². The second kappa shape index (κ2) is 2.55. The monoisotopic (exact) mass is 118 g/mol. The molecule has 1 heterocycles. The van der Waals surface area contributed by atoms with E-state index in [0.29, 0.717) is 5.37 Å². The summed E-state index contributed by atoms with van der Waals surface area (Å²) in [4.78, 5) is 0. The van der Waals surface area contributed by atoms with Gasteiger partial charge in [0.05, 0.1) is 5.37 Å². The number of nitrogens with one attached hydrogen (secondary N) is 2. The van der Waals surface area contributed by atoms with Crippen LogP contribution in [0, 0.1) is 0 Å². The quantitative estimate of drug-likeness (QED) is 0.371. The van der Waals surface area contributed by atoms with Gasteiger partial charge in [0.2, 0.25) is 0 Å². The highest BCUT2D eigenvalue weighted by atomic mass is 32.1. The summed E-state index contributed by atoms with van der Waals surface area (Å²) in [7, 11) is 0. The largest absolute Gasteiger partial charge is 0.313 e. The molecule has 3 heteroatoms. The molecule has 1 aliphatic rings. The van der Waals surface area contributed by atoms with Crippen molar-refractivity contribution in [3.63, 3.8) is 0 Å². The first kappa shape index (κ1) is 5.41. The molecule has 0 saturated carbocycles. The van der Waals surface area contributed by atoms with Gasteiger partial charge < -0.3 is 10.6 Å². The molecule has 2 nitrogen and oxygen atoms in total. The lowest BCUT2D eigenvalue weighted by Crippen LogP contribution is -2.45. The zero-order chi connectivity index (χ0) is 5.11. The SMILES string of the molecule is S[C@H]1CNCCN1. The Morgan fingerprint density at radius 2 is 2.29 bits per heavy atom. The van der Waals surface area contributed by atoms with E-state index in [1.54, 1.807) is 0 Å². The van der Waals surface area contributed by atoms with Crippen LogP contribution in [0.25, 0.3) is 0 Å². The summed E-state index contributed by atoms with van der Waals surface area (Å²) in [6.45, 7) is 3.12. The van der Waals surface area contributed by atoms with Crippen LogP contribution in [0.2, 0.25) is 0 Å². The van der Waals surface area contributed by atoms with Crippen molar-refractivity contribution < 1.29 is 0 Å². The van der Waals surface area contributed by atoms with Crippen LogP contribution in [0.3, 0.4) is 0 Å². The van der Waals surface area contributed by atoms with Crippen LogP contribution in [-0.4, -0.2) is 25.0 Å². The van der Waals surface area contributed by atoms with E-state index in [9.17, 15) is 0 Å². The van der Waals surface area contributed by atoms with Crippen LogP contribution in [0.1, 0.15) is 0 Å². The van der Waals surface area contributed by atoms with Crippen LogP contribution in [0.5, 0.6) is 0 Å². The molecule has 0 radical (unpaired) electrons. The van der Waals surface area contributed by atoms with Crippen molar-refractivity contribution >= 4 is 12.6 Å². The third kappa shape index (κ3) is 1.67. The van der Waals surface area contributed by atoms with E-state index >= 15 is 0 Å². The van der Waals surface area contributed by atoms with E-state index in [1.807, 2.05) is 0 Å². The third-order valence-corrected chi connectivity index (χ3v) is 1.38. The molecular formula is C4H10N2S. The Morgan fingerprint density at radius 1 is 1.43 bits per heavy atom. The fourth-order valence-electron chi connectivity index (χ4n) is 0.638. The normalized spacial score (nSPS) is 33.0. The summed E-state index contributed by atoms with van der Waals surface area (Å²) in [5.74, 6) is 0. The molecule has 0 aromatic carbocycles. The van der Waals surface area contributed by atoms with Gasteiger partial charge in [0.15, 0.2) is 0 Å². The highest BCUT2D eigenvalue weighted by Crippen LogP contribution is 1.88. The van der Waals surface area contributed by atoms with Crippen LogP contribution in [-0.2, 0) is 0 Å². The molecule has 0 bridgehead atoms. The molecule has 1 aliphatic heterocycles. The molecule has 1 rings (SSSR count). The molecule has 42 valence electrons. The summed E-state index contributed by atoms with van der Waals surface area (Å²) in [5, 5.41) is 6.75. The topological polar surface area (TPSA) is 24.1 Å². The summed E-state index contributed by atoms with van der Waals surface area (Å²) in [6, 6.07) is 0. The van der Waals surface area contributed by atoms with Crippen LogP contribution in [0.4, 0.5) is 0 Å². The lowest BCUT2D eigenvalue weighted by molar-refractivity contribution is 0.509. The predicted molar refractivity (Wildman–Crippen MR) is 33.6 cm³/mol. The van der Waals surface area contributed by atoms with E-state index in [0.717, 1.165) is 19.6 Å². The van der Waals surface area contributed by atoms with Crippen molar-refractivity contribution in [2.24, 2.45) is 0 Å². The first-order chi connectivity index (χ1) is 3.39. The molecule has 1 fully saturated rings. The summed E-state index contributed by atoms with van der Waals surface area (Å²) in [5.41, 5.74) is 0. The maximum absolute atomic E-state index is 4.19. The van der Waals surface area contributed by atoms with Gasteiger partial charge in [-0.25, -0.2) is 0 Å². The second-order valence-electron chi connectivity index (χ2n) is 1.67. The minimum atomic E-state index is 0.369. The van der Waals surface area contributed by atoms with Gasteiger partial charge >= 0.3 is 0 Å². The van der Waals surface area contributed by atoms with Crippen LogP contribution < -0.4 is 10.6 Å². The van der Waals surface area contributed by atoms with E-state index in [2.05, 4.69) is 23.3 Å². The Kier molecular flexibility index (Phi) is 1.97. The van der Waals surface area contributed by atoms with E-state index in [-0.39, 0.29) is 0 Å². The van der Waals surface area contributed by atoms with Crippen LogP contribution >= 0.6 is 12.6 Å². The Labute approximate surface area is 49.1 Å². The molecule has 0 aliphatic carbocycles. The zero-order valence-corrected chi connectivity index (χ0v) is 5.04. The molecule has 0 unspecified atom stereocenters. The summed E-state index contributed by atoms with van der Waals surface area (Å²) < 4.78 is 0. The number of rotatable bonds is 0. The van der Waals surface area contributed by atoms with Gasteiger partial charge in [0.25, 0.3) is 0 Å². The fraction of sp³-hybridized carbons (Fsp3) is 1.00. The van der Waals surface area contributed by atoms with E-state index < -0.39 is 0 Å². The molecular weight excluding hydrogens is 108 g/mol. The smallest absolute Gasteiger partial charge is 0.0629 e. The Hall–Kier alpha value is 0.270. The standard InChI is InChI=1S/C4H10N2S/c7-4-3-5-1-2-6-4/h4-7H,1-3H2/t4-/m0/s1. The van der Waals surface area contributed by atoms with Crippen molar-refractivity contribution in [1.82, 2.24) is 10.6 Å². The first-order valence-electron chi connectivity index (χ1n) is 2.52. The maximum atomic E-state index is 4.19. The lowest BCUT2D eigenvalue weighted by Gasteiger charge is -2.19. The van der Waals surface area contributed by atoms with Gasteiger partial charge in [-0.15, -0.1) is 0 Å². The molecule has 0 aromatic rings. The van der Waals surface area contributed by atoms with E-state index in [4.69, 9.17) is 0 Å². The molecule has 0 amide bonds. The molecule has 2 N–H and O–H groups in total. The highest BCUT2D eigenvalue weighted by molar-refractivity contribution is 7.80.